The highest BCUT2D eigenvalue weighted by atomic mass is 127. The van der Waals surface area contributed by atoms with Gasteiger partial charge in [-0.05, 0) is 17.7 Å². The zero-order valence-corrected chi connectivity index (χ0v) is 15.9. The van der Waals surface area contributed by atoms with E-state index >= 15 is 0 Å². The molecular weight excluding hydrogens is 421 g/mol. The lowest BCUT2D eigenvalue weighted by Gasteiger charge is -2.26. The van der Waals surface area contributed by atoms with Crippen LogP contribution in [0.2, 0.25) is 0 Å². The summed E-state index contributed by atoms with van der Waals surface area (Å²) in [6.45, 7) is 3.65. The number of carbonyl (C=O) groups excluding carboxylic acids is 2. The first-order chi connectivity index (χ1) is 11.1. The number of hydrogen-bond donors (Lipinski definition) is 2. The molecule has 2 amide bonds. The van der Waals surface area contributed by atoms with E-state index in [4.69, 9.17) is 0 Å². The average molecular weight is 443 g/mol. The monoisotopic (exact) mass is 443 g/mol. The van der Waals surface area contributed by atoms with E-state index in [1.165, 1.54) is 0 Å². The van der Waals surface area contributed by atoms with Crippen LogP contribution in [0.25, 0.3) is 0 Å². The molecule has 1 aromatic rings. The molecule has 24 heavy (non-hydrogen) atoms. The Kier molecular flexibility index (Phi) is 6.41. The fourth-order valence-electron chi connectivity index (χ4n) is 2.66. The maximum absolute atomic E-state index is 12.4. The molecule has 7 nitrogen and oxygen atoms in total. The van der Waals surface area contributed by atoms with E-state index in [0.717, 1.165) is 24.6 Å². The molecule has 3 rings (SSSR count). The summed E-state index contributed by atoms with van der Waals surface area (Å²) >= 11 is 0. The molecule has 0 unspecified atom stereocenters. The number of benzene rings is 1. The van der Waals surface area contributed by atoms with Crippen molar-refractivity contribution in [1.29, 1.82) is 0 Å². The molecule has 1 aromatic carbocycles. The quantitative estimate of drug-likeness (QED) is 0.658. The molecule has 2 aliphatic heterocycles. The summed E-state index contributed by atoms with van der Waals surface area (Å²) in [6, 6.07) is 7.48. The zero-order valence-electron chi connectivity index (χ0n) is 13.6. The van der Waals surface area contributed by atoms with Crippen molar-refractivity contribution in [3.63, 3.8) is 0 Å². The van der Waals surface area contributed by atoms with Gasteiger partial charge in [0.05, 0.1) is 13.1 Å². The maximum atomic E-state index is 12.4. The number of aliphatic imine (C=N–C) groups is 1. The van der Waals surface area contributed by atoms with Crippen LogP contribution < -0.4 is 10.6 Å². The summed E-state index contributed by atoms with van der Waals surface area (Å²) < 4.78 is 0. The summed E-state index contributed by atoms with van der Waals surface area (Å²) in [5.41, 5.74) is 1.69. The van der Waals surface area contributed by atoms with Crippen LogP contribution in [0.15, 0.2) is 29.3 Å². The second-order valence-corrected chi connectivity index (χ2v) is 5.75. The Balaban J connectivity index is 0.00000208. The third-order valence-electron chi connectivity index (χ3n) is 4.04. The summed E-state index contributed by atoms with van der Waals surface area (Å²) in [7, 11) is 2.01. The molecule has 2 heterocycles. The number of nitrogens with one attached hydrogen (secondary N) is 2. The number of nitrogens with zero attached hydrogens (tertiary/aromatic N) is 3. The Hall–Kier alpha value is -1.84. The molecule has 130 valence electrons. The number of rotatable bonds is 3. The second-order valence-electron chi connectivity index (χ2n) is 5.75. The molecule has 1 fully saturated rings. The molecule has 2 N–H and O–H groups in total. The van der Waals surface area contributed by atoms with Crippen LogP contribution in [0.4, 0.5) is 0 Å². The Morgan fingerprint density at radius 3 is 2.67 bits per heavy atom. The molecule has 0 atom stereocenters. The first-order valence-electron chi connectivity index (χ1n) is 7.78. The van der Waals surface area contributed by atoms with Crippen LogP contribution in [-0.2, 0) is 11.3 Å². The fraction of sp³-hybridized carbons (Fsp3) is 0.438. The molecule has 0 spiro atoms. The minimum atomic E-state index is -0.105. The average Bonchev–Trinajstić information content (AvgIpc) is 2.98. The Morgan fingerprint density at radius 2 is 2.04 bits per heavy atom. The van der Waals surface area contributed by atoms with Gasteiger partial charge in [0.1, 0.15) is 0 Å². The first kappa shape index (κ1) is 18.5. The first-order valence-corrected chi connectivity index (χ1v) is 7.78. The smallest absolute Gasteiger partial charge is 0.254 e. The normalized spacial score (nSPS) is 17.0. The molecular formula is C16H22IN5O2. The fourth-order valence-corrected chi connectivity index (χ4v) is 2.66. The van der Waals surface area contributed by atoms with Crippen molar-refractivity contribution in [3.8, 4) is 0 Å². The van der Waals surface area contributed by atoms with Gasteiger partial charge in [-0.3, -0.25) is 14.6 Å². The molecule has 1 saturated heterocycles. The van der Waals surface area contributed by atoms with Gasteiger partial charge in [0.15, 0.2) is 5.96 Å². The largest absolute Gasteiger partial charge is 0.353 e. The molecule has 0 aliphatic carbocycles. The lowest BCUT2D eigenvalue weighted by molar-refractivity contribution is -0.123. The van der Waals surface area contributed by atoms with Crippen LogP contribution in [0.3, 0.4) is 0 Å². The number of likely N-dealkylation sites (N-methyl/N-ethyl adjacent to an activating group) is 1. The number of hydrogen-bond acceptors (Lipinski definition) is 5. The number of piperazine rings is 1. The predicted molar refractivity (Wildman–Crippen MR) is 103 cm³/mol. The number of guanidine groups is 1. The van der Waals surface area contributed by atoms with Gasteiger partial charge in [-0.15, -0.1) is 24.0 Å². The van der Waals surface area contributed by atoms with Gasteiger partial charge in [-0.2, -0.15) is 0 Å². The predicted octanol–water partition coefficient (Wildman–Crippen LogP) is 0.268. The van der Waals surface area contributed by atoms with Gasteiger partial charge in [0, 0.05) is 38.8 Å². The third-order valence-corrected chi connectivity index (χ3v) is 4.04. The highest BCUT2D eigenvalue weighted by molar-refractivity contribution is 14.0. The van der Waals surface area contributed by atoms with E-state index in [1.54, 1.807) is 4.90 Å². The van der Waals surface area contributed by atoms with Gasteiger partial charge in [-0.25, -0.2) is 0 Å². The SMILES string of the molecule is CN1CCN=C1NCc1ccc(C(=O)N2CCNC(=O)C2)cc1.I. The van der Waals surface area contributed by atoms with E-state index in [0.29, 0.717) is 25.2 Å². The summed E-state index contributed by atoms with van der Waals surface area (Å²) in [6.07, 6.45) is 0. The number of halogens is 1. The van der Waals surface area contributed by atoms with Gasteiger partial charge >= 0.3 is 0 Å². The third kappa shape index (κ3) is 4.37. The minimum absolute atomic E-state index is 0. The van der Waals surface area contributed by atoms with Gasteiger partial charge < -0.3 is 20.4 Å². The van der Waals surface area contributed by atoms with E-state index in [2.05, 4.69) is 20.5 Å². The molecule has 0 saturated carbocycles. The van der Waals surface area contributed by atoms with Crippen LogP contribution in [0, 0.1) is 0 Å². The summed E-state index contributed by atoms with van der Waals surface area (Å²) in [4.78, 5) is 31.8. The molecule has 0 radical (unpaired) electrons. The van der Waals surface area contributed by atoms with Crippen molar-refractivity contribution in [2.75, 3.05) is 39.8 Å². The molecule has 2 aliphatic rings. The lowest BCUT2D eigenvalue weighted by atomic mass is 10.1. The molecule has 8 heteroatoms. The number of amides is 2. The Labute approximate surface area is 158 Å². The van der Waals surface area contributed by atoms with Crippen molar-refractivity contribution in [2.45, 2.75) is 6.54 Å². The van der Waals surface area contributed by atoms with Crippen LogP contribution >= 0.6 is 24.0 Å². The van der Waals surface area contributed by atoms with Gasteiger partial charge in [0.2, 0.25) is 5.91 Å². The maximum Gasteiger partial charge on any atom is 0.254 e. The topological polar surface area (TPSA) is 77.0 Å². The van der Waals surface area contributed by atoms with Crippen LogP contribution in [-0.4, -0.2) is 67.3 Å². The highest BCUT2D eigenvalue weighted by Crippen LogP contribution is 2.09. The van der Waals surface area contributed by atoms with Crippen LogP contribution in [0.1, 0.15) is 15.9 Å². The van der Waals surface area contributed by atoms with Crippen molar-refractivity contribution in [3.05, 3.63) is 35.4 Å². The van der Waals surface area contributed by atoms with Crippen molar-refractivity contribution >= 4 is 41.8 Å². The van der Waals surface area contributed by atoms with Crippen molar-refractivity contribution in [1.82, 2.24) is 20.4 Å². The molecule has 0 bridgehead atoms. The summed E-state index contributed by atoms with van der Waals surface area (Å²) in [5.74, 6) is 0.704. The van der Waals surface area contributed by atoms with Crippen molar-refractivity contribution < 1.29 is 9.59 Å². The van der Waals surface area contributed by atoms with Gasteiger partial charge in [0.25, 0.3) is 5.91 Å². The van der Waals surface area contributed by atoms with E-state index in [9.17, 15) is 9.59 Å². The zero-order chi connectivity index (χ0) is 16.2. The van der Waals surface area contributed by atoms with E-state index in [-0.39, 0.29) is 42.3 Å². The number of carbonyl (C=O) groups is 2. The Morgan fingerprint density at radius 1 is 1.29 bits per heavy atom. The van der Waals surface area contributed by atoms with E-state index in [1.807, 2.05) is 31.3 Å². The van der Waals surface area contributed by atoms with Gasteiger partial charge in [-0.1, -0.05) is 12.1 Å². The standard InChI is InChI=1S/C16H21N5O2.HI/c1-20-8-6-18-16(20)19-10-12-2-4-13(5-3-12)15(23)21-9-7-17-14(22)11-21;/h2-5H,6-11H2,1H3,(H,17,22)(H,18,19);1H. The second kappa shape index (κ2) is 8.32. The minimum Gasteiger partial charge on any atom is -0.353 e. The van der Waals surface area contributed by atoms with Crippen molar-refractivity contribution in [2.24, 2.45) is 4.99 Å². The van der Waals surface area contributed by atoms with Crippen LogP contribution in [0.5, 0.6) is 0 Å². The summed E-state index contributed by atoms with van der Waals surface area (Å²) in [5, 5.41) is 6.01. The van der Waals surface area contributed by atoms with E-state index < -0.39 is 0 Å². The molecule has 0 aromatic heterocycles. The Bertz CT molecular complexity index is 632. The lowest BCUT2D eigenvalue weighted by Crippen LogP contribution is -2.49. The highest BCUT2D eigenvalue weighted by Gasteiger charge is 2.22.